The number of benzene rings is 1. The SMILES string of the molecule is C[C@H](CN1CCCC1=O)NC(=O)CCCC(=O)c1ccc(F)cc1. The molecule has 1 N–H and O–H groups in total. The lowest BCUT2D eigenvalue weighted by Gasteiger charge is -2.21. The highest BCUT2D eigenvalue weighted by Crippen LogP contribution is 2.11. The van der Waals surface area contributed by atoms with Gasteiger partial charge in [-0.15, -0.1) is 0 Å². The average molecular weight is 334 g/mol. The Bertz CT molecular complexity index is 601. The molecule has 6 heteroatoms. The van der Waals surface area contributed by atoms with E-state index >= 15 is 0 Å². The van der Waals surface area contributed by atoms with Gasteiger partial charge in [0.15, 0.2) is 5.78 Å². The van der Waals surface area contributed by atoms with E-state index in [0.29, 0.717) is 24.9 Å². The summed E-state index contributed by atoms with van der Waals surface area (Å²) >= 11 is 0. The number of ketones is 1. The van der Waals surface area contributed by atoms with Crippen LogP contribution in [0, 0.1) is 5.82 Å². The molecule has 2 amide bonds. The number of rotatable bonds is 8. The monoisotopic (exact) mass is 334 g/mol. The summed E-state index contributed by atoms with van der Waals surface area (Å²) in [6, 6.07) is 5.30. The van der Waals surface area contributed by atoms with E-state index in [1.807, 2.05) is 6.92 Å². The molecule has 1 fully saturated rings. The van der Waals surface area contributed by atoms with E-state index in [-0.39, 0.29) is 42.3 Å². The molecule has 1 aliphatic heterocycles. The fraction of sp³-hybridized carbons (Fsp3) is 0.500. The molecule has 5 nitrogen and oxygen atoms in total. The molecule has 1 atom stereocenters. The van der Waals surface area contributed by atoms with Gasteiger partial charge < -0.3 is 10.2 Å². The third kappa shape index (κ3) is 5.44. The smallest absolute Gasteiger partial charge is 0.222 e. The number of nitrogens with zero attached hydrogens (tertiary/aromatic N) is 1. The van der Waals surface area contributed by atoms with Crippen molar-refractivity contribution in [2.24, 2.45) is 0 Å². The molecule has 24 heavy (non-hydrogen) atoms. The summed E-state index contributed by atoms with van der Waals surface area (Å²) in [5.74, 6) is -0.461. The van der Waals surface area contributed by atoms with Crippen LogP contribution in [0.2, 0.25) is 0 Å². The van der Waals surface area contributed by atoms with Crippen LogP contribution < -0.4 is 5.32 Å². The van der Waals surface area contributed by atoms with E-state index in [4.69, 9.17) is 0 Å². The zero-order valence-corrected chi connectivity index (χ0v) is 13.9. The number of hydrogen-bond donors (Lipinski definition) is 1. The summed E-state index contributed by atoms with van der Waals surface area (Å²) in [4.78, 5) is 37.1. The summed E-state index contributed by atoms with van der Waals surface area (Å²) in [6.07, 6.45) is 2.41. The Morgan fingerprint density at radius 2 is 1.96 bits per heavy atom. The Morgan fingerprint density at radius 3 is 2.58 bits per heavy atom. The lowest BCUT2D eigenvalue weighted by Crippen LogP contribution is -2.42. The minimum atomic E-state index is -0.378. The Kier molecular flexibility index (Phi) is 6.46. The van der Waals surface area contributed by atoms with Gasteiger partial charge in [-0.1, -0.05) is 0 Å². The largest absolute Gasteiger partial charge is 0.352 e. The van der Waals surface area contributed by atoms with Gasteiger partial charge in [-0.05, 0) is 44.0 Å². The highest BCUT2D eigenvalue weighted by Gasteiger charge is 2.22. The first-order chi connectivity index (χ1) is 11.5. The number of halogens is 1. The van der Waals surface area contributed by atoms with E-state index < -0.39 is 0 Å². The van der Waals surface area contributed by atoms with Crippen LogP contribution >= 0.6 is 0 Å². The number of hydrogen-bond acceptors (Lipinski definition) is 3. The zero-order valence-electron chi connectivity index (χ0n) is 13.9. The van der Waals surface area contributed by atoms with E-state index in [1.165, 1.54) is 24.3 Å². The summed E-state index contributed by atoms with van der Waals surface area (Å²) in [6.45, 7) is 3.15. The Hall–Kier alpha value is -2.24. The van der Waals surface area contributed by atoms with Crippen molar-refractivity contribution in [3.63, 3.8) is 0 Å². The van der Waals surface area contributed by atoms with Gasteiger partial charge in [0.2, 0.25) is 11.8 Å². The van der Waals surface area contributed by atoms with Gasteiger partial charge in [-0.2, -0.15) is 0 Å². The molecule has 0 radical (unpaired) electrons. The van der Waals surface area contributed by atoms with Crippen molar-refractivity contribution >= 4 is 17.6 Å². The molecule has 0 saturated carbocycles. The quantitative estimate of drug-likeness (QED) is 0.742. The van der Waals surface area contributed by atoms with Gasteiger partial charge in [0.1, 0.15) is 5.82 Å². The number of nitrogens with one attached hydrogen (secondary N) is 1. The first-order valence-corrected chi connectivity index (χ1v) is 8.31. The first kappa shape index (κ1) is 18.1. The minimum absolute atomic E-state index is 0.0986. The van der Waals surface area contributed by atoms with Crippen LogP contribution in [0.4, 0.5) is 4.39 Å². The molecule has 0 spiro atoms. The second-order valence-electron chi connectivity index (χ2n) is 6.20. The zero-order chi connectivity index (χ0) is 17.5. The third-order valence-corrected chi connectivity index (χ3v) is 4.05. The second-order valence-corrected chi connectivity index (χ2v) is 6.20. The van der Waals surface area contributed by atoms with Crippen molar-refractivity contribution in [3.05, 3.63) is 35.6 Å². The van der Waals surface area contributed by atoms with Crippen LogP contribution in [0.15, 0.2) is 24.3 Å². The molecule has 1 aromatic carbocycles. The highest BCUT2D eigenvalue weighted by molar-refractivity contribution is 5.96. The van der Waals surface area contributed by atoms with Crippen LogP contribution in [-0.4, -0.2) is 41.6 Å². The molecule has 1 heterocycles. The molecule has 1 saturated heterocycles. The van der Waals surface area contributed by atoms with Gasteiger partial charge in [-0.3, -0.25) is 14.4 Å². The van der Waals surface area contributed by atoms with Gasteiger partial charge >= 0.3 is 0 Å². The molecule has 1 aliphatic rings. The molecule has 1 aromatic rings. The topological polar surface area (TPSA) is 66.5 Å². The Labute approximate surface area is 141 Å². The normalized spacial score (nSPS) is 15.4. The van der Waals surface area contributed by atoms with Gasteiger partial charge in [0.05, 0.1) is 0 Å². The van der Waals surface area contributed by atoms with E-state index in [9.17, 15) is 18.8 Å². The van der Waals surface area contributed by atoms with Crippen molar-refractivity contribution in [2.45, 2.75) is 45.1 Å². The lowest BCUT2D eigenvalue weighted by molar-refractivity contribution is -0.129. The number of likely N-dealkylation sites (tertiary alicyclic amines) is 1. The van der Waals surface area contributed by atoms with Crippen molar-refractivity contribution in [2.75, 3.05) is 13.1 Å². The first-order valence-electron chi connectivity index (χ1n) is 8.31. The highest BCUT2D eigenvalue weighted by atomic mass is 19.1. The van der Waals surface area contributed by atoms with Crippen LogP contribution in [0.25, 0.3) is 0 Å². The molecule has 0 aromatic heterocycles. The van der Waals surface area contributed by atoms with E-state index in [1.54, 1.807) is 4.90 Å². The summed E-state index contributed by atoms with van der Waals surface area (Å²) in [5.41, 5.74) is 0.456. The van der Waals surface area contributed by atoms with Crippen LogP contribution in [0.5, 0.6) is 0 Å². The van der Waals surface area contributed by atoms with Crippen molar-refractivity contribution < 1.29 is 18.8 Å². The summed E-state index contributed by atoms with van der Waals surface area (Å²) < 4.78 is 12.8. The van der Waals surface area contributed by atoms with E-state index in [2.05, 4.69) is 5.32 Å². The predicted molar refractivity (Wildman–Crippen MR) is 88.0 cm³/mol. The maximum atomic E-state index is 12.8. The maximum Gasteiger partial charge on any atom is 0.222 e. The third-order valence-electron chi connectivity index (χ3n) is 4.05. The number of carbonyl (C=O) groups excluding carboxylic acids is 3. The van der Waals surface area contributed by atoms with Crippen molar-refractivity contribution in [3.8, 4) is 0 Å². The fourth-order valence-electron chi connectivity index (χ4n) is 2.81. The van der Waals surface area contributed by atoms with Crippen LogP contribution in [0.1, 0.15) is 49.4 Å². The molecule has 0 bridgehead atoms. The maximum absolute atomic E-state index is 12.8. The van der Waals surface area contributed by atoms with Crippen molar-refractivity contribution in [1.29, 1.82) is 0 Å². The molecular weight excluding hydrogens is 311 g/mol. The number of Topliss-reactive ketones (excluding diaryl/α,β-unsaturated/α-hetero) is 1. The molecule has 0 unspecified atom stereocenters. The fourth-order valence-corrected chi connectivity index (χ4v) is 2.81. The van der Waals surface area contributed by atoms with E-state index in [0.717, 1.165) is 13.0 Å². The van der Waals surface area contributed by atoms with Gasteiger partial charge in [0.25, 0.3) is 0 Å². The Balaban J connectivity index is 1.66. The molecule has 130 valence electrons. The van der Waals surface area contributed by atoms with Gasteiger partial charge in [0, 0.05) is 44.0 Å². The summed E-state index contributed by atoms with van der Waals surface area (Å²) in [5, 5.41) is 2.85. The van der Waals surface area contributed by atoms with Gasteiger partial charge in [-0.25, -0.2) is 4.39 Å². The number of carbonyl (C=O) groups is 3. The summed E-state index contributed by atoms with van der Waals surface area (Å²) in [7, 11) is 0. The van der Waals surface area contributed by atoms with Crippen LogP contribution in [-0.2, 0) is 9.59 Å². The average Bonchev–Trinajstić information content (AvgIpc) is 2.92. The second kappa shape index (κ2) is 8.57. The van der Waals surface area contributed by atoms with Crippen molar-refractivity contribution in [1.82, 2.24) is 10.2 Å². The predicted octanol–water partition coefficient (Wildman–Crippen LogP) is 2.31. The Morgan fingerprint density at radius 1 is 1.25 bits per heavy atom. The van der Waals surface area contributed by atoms with Crippen LogP contribution in [0.3, 0.4) is 0 Å². The standard InChI is InChI=1S/C18H23FN2O3/c1-13(12-21-11-3-6-18(21)24)20-17(23)5-2-4-16(22)14-7-9-15(19)10-8-14/h7-10,13H,2-6,11-12H2,1H3,(H,20,23)/t13-/m1/s1. The lowest BCUT2D eigenvalue weighted by atomic mass is 10.1. The number of amides is 2. The molecular formula is C18H23FN2O3. The molecule has 2 rings (SSSR count). The minimum Gasteiger partial charge on any atom is -0.352 e. The molecule has 0 aliphatic carbocycles.